The van der Waals surface area contributed by atoms with Crippen LogP contribution < -0.4 is 0 Å². The summed E-state index contributed by atoms with van der Waals surface area (Å²) in [5, 5.41) is 11.4. The number of halogens is 2. The van der Waals surface area contributed by atoms with Gasteiger partial charge in [-0.15, -0.1) is 0 Å². The molecule has 19 heavy (non-hydrogen) atoms. The Morgan fingerprint density at radius 2 is 2.00 bits per heavy atom. The van der Waals surface area contributed by atoms with E-state index >= 15 is 0 Å². The van der Waals surface area contributed by atoms with Gasteiger partial charge in [-0.2, -0.15) is 0 Å². The van der Waals surface area contributed by atoms with Gasteiger partial charge in [0.25, 0.3) is 5.69 Å². The van der Waals surface area contributed by atoms with Crippen LogP contribution in [0.25, 0.3) is 0 Å². The second-order valence-corrected chi connectivity index (χ2v) is 4.93. The molecule has 4 nitrogen and oxygen atoms in total. The monoisotopic (exact) mass is 338 g/mol. The summed E-state index contributed by atoms with van der Waals surface area (Å²) in [6, 6.07) is 11.6. The van der Waals surface area contributed by atoms with Crippen LogP contribution in [0.1, 0.15) is 5.56 Å². The Morgan fingerprint density at radius 1 is 1.26 bits per heavy atom. The quantitative estimate of drug-likeness (QED) is 0.460. The average molecular weight is 340 g/mol. The molecule has 0 aliphatic rings. The van der Waals surface area contributed by atoms with Gasteiger partial charge in [0.2, 0.25) is 0 Å². The summed E-state index contributed by atoms with van der Waals surface area (Å²) in [6.07, 6.45) is 1.46. The van der Waals surface area contributed by atoms with E-state index in [2.05, 4.69) is 20.9 Å². The predicted molar refractivity (Wildman–Crippen MR) is 79.5 cm³/mol. The van der Waals surface area contributed by atoms with E-state index in [9.17, 15) is 10.1 Å². The minimum atomic E-state index is -0.435. The van der Waals surface area contributed by atoms with E-state index in [0.29, 0.717) is 16.3 Å². The zero-order valence-electron chi connectivity index (χ0n) is 9.59. The molecule has 0 amide bonds. The molecule has 0 N–H and O–H groups in total. The number of hydrogen-bond acceptors (Lipinski definition) is 3. The minimum Gasteiger partial charge on any atom is -0.258 e. The summed E-state index contributed by atoms with van der Waals surface area (Å²) in [5.74, 6) is 0. The highest BCUT2D eigenvalue weighted by atomic mass is 79.9. The zero-order valence-corrected chi connectivity index (χ0v) is 11.9. The molecular weight excluding hydrogens is 332 g/mol. The first-order valence-corrected chi connectivity index (χ1v) is 6.47. The van der Waals surface area contributed by atoms with E-state index in [0.717, 1.165) is 4.47 Å². The largest absolute Gasteiger partial charge is 0.278 e. The minimum absolute atomic E-state index is 0.0226. The van der Waals surface area contributed by atoms with Crippen molar-refractivity contribution in [2.75, 3.05) is 0 Å². The van der Waals surface area contributed by atoms with Gasteiger partial charge in [-0.05, 0) is 40.2 Å². The second kappa shape index (κ2) is 5.95. The normalized spacial score (nSPS) is 10.8. The molecule has 2 aromatic carbocycles. The van der Waals surface area contributed by atoms with Crippen molar-refractivity contribution in [1.82, 2.24) is 0 Å². The third-order valence-electron chi connectivity index (χ3n) is 2.39. The molecule has 0 radical (unpaired) electrons. The van der Waals surface area contributed by atoms with Crippen LogP contribution >= 0.6 is 27.5 Å². The maximum absolute atomic E-state index is 10.8. The highest BCUT2D eigenvalue weighted by Gasteiger charge is 2.09. The summed E-state index contributed by atoms with van der Waals surface area (Å²) < 4.78 is 0.777. The van der Waals surface area contributed by atoms with Gasteiger partial charge in [0, 0.05) is 16.8 Å². The van der Waals surface area contributed by atoms with Gasteiger partial charge in [-0.1, -0.05) is 23.7 Å². The van der Waals surface area contributed by atoms with Crippen molar-refractivity contribution in [1.29, 1.82) is 0 Å². The molecular formula is C13H8BrClN2O2. The van der Waals surface area contributed by atoms with Gasteiger partial charge < -0.3 is 0 Å². The molecule has 6 heteroatoms. The summed E-state index contributed by atoms with van der Waals surface area (Å²) >= 11 is 9.23. The second-order valence-electron chi connectivity index (χ2n) is 3.67. The SMILES string of the molecule is O=[N+]([O-])c1ccccc1C=Nc1ccc(Br)c(Cl)c1. The van der Waals surface area contributed by atoms with E-state index in [1.54, 1.807) is 36.4 Å². The molecule has 0 saturated heterocycles. The Hall–Kier alpha value is -1.72. The Bertz CT molecular complexity index is 659. The van der Waals surface area contributed by atoms with Gasteiger partial charge in [0.15, 0.2) is 0 Å². The molecule has 0 unspecified atom stereocenters. The number of hydrogen-bond donors (Lipinski definition) is 0. The number of aliphatic imine (C=N–C) groups is 1. The fraction of sp³-hybridized carbons (Fsp3) is 0. The molecule has 96 valence electrons. The van der Waals surface area contributed by atoms with Crippen molar-refractivity contribution < 1.29 is 4.92 Å². The average Bonchev–Trinajstić information content (AvgIpc) is 2.40. The van der Waals surface area contributed by atoms with Crippen molar-refractivity contribution in [2.24, 2.45) is 4.99 Å². The third-order valence-corrected chi connectivity index (χ3v) is 3.62. The molecule has 0 aromatic heterocycles. The first-order chi connectivity index (χ1) is 9.08. The van der Waals surface area contributed by atoms with Crippen molar-refractivity contribution >= 4 is 45.1 Å². The predicted octanol–water partition coefficient (Wildman–Crippen LogP) is 4.76. The lowest BCUT2D eigenvalue weighted by molar-refractivity contribution is -0.385. The first kappa shape index (κ1) is 13.7. The smallest absolute Gasteiger partial charge is 0.258 e. The topological polar surface area (TPSA) is 55.5 Å². The van der Waals surface area contributed by atoms with Crippen LogP contribution in [-0.2, 0) is 0 Å². The number of para-hydroxylation sites is 1. The Morgan fingerprint density at radius 3 is 2.68 bits per heavy atom. The van der Waals surface area contributed by atoms with E-state index in [1.807, 2.05) is 0 Å². The van der Waals surface area contributed by atoms with Crippen LogP contribution in [0, 0.1) is 10.1 Å². The van der Waals surface area contributed by atoms with E-state index in [4.69, 9.17) is 11.6 Å². The lowest BCUT2D eigenvalue weighted by Gasteiger charge is -1.98. The summed E-state index contributed by atoms with van der Waals surface area (Å²) in [6.45, 7) is 0. The van der Waals surface area contributed by atoms with E-state index < -0.39 is 4.92 Å². The van der Waals surface area contributed by atoms with Crippen LogP contribution in [-0.4, -0.2) is 11.1 Å². The fourth-order valence-electron chi connectivity index (χ4n) is 1.47. The van der Waals surface area contributed by atoms with Crippen molar-refractivity contribution in [3.05, 3.63) is 67.6 Å². The van der Waals surface area contributed by atoms with Crippen LogP contribution in [0.4, 0.5) is 11.4 Å². The molecule has 0 fully saturated rings. The fourth-order valence-corrected chi connectivity index (χ4v) is 1.89. The van der Waals surface area contributed by atoms with Crippen LogP contribution in [0.5, 0.6) is 0 Å². The van der Waals surface area contributed by atoms with Crippen LogP contribution in [0.3, 0.4) is 0 Å². The molecule has 0 saturated carbocycles. The Kier molecular flexibility index (Phi) is 4.29. The molecule has 0 aliphatic heterocycles. The maximum Gasteiger partial charge on any atom is 0.278 e. The van der Waals surface area contributed by atoms with Crippen molar-refractivity contribution in [3.8, 4) is 0 Å². The third kappa shape index (κ3) is 3.39. The highest BCUT2D eigenvalue weighted by Crippen LogP contribution is 2.27. The lowest BCUT2D eigenvalue weighted by atomic mass is 10.2. The van der Waals surface area contributed by atoms with E-state index in [1.165, 1.54) is 12.3 Å². The standard InChI is InChI=1S/C13H8BrClN2O2/c14-11-6-5-10(7-12(11)15)16-8-9-3-1-2-4-13(9)17(18)19/h1-8H. The summed E-state index contributed by atoms with van der Waals surface area (Å²) in [7, 11) is 0. The number of nitro benzene ring substituents is 1. The molecule has 2 aromatic rings. The van der Waals surface area contributed by atoms with Gasteiger partial charge in [0.05, 0.1) is 21.2 Å². The number of nitro groups is 1. The summed E-state index contributed by atoms with van der Waals surface area (Å²) in [5.41, 5.74) is 1.10. The van der Waals surface area contributed by atoms with Crippen LogP contribution in [0.15, 0.2) is 51.9 Å². The lowest BCUT2D eigenvalue weighted by Crippen LogP contribution is -1.93. The van der Waals surface area contributed by atoms with Gasteiger partial charge in [-0.3, -0.25) is 15.1 Å². The molecule has 0 atom stereocenters. The number of nitrogens with zero attached hydrogens (tertiary/aromatic N) is 2. The molecule has 0 spiro atoms. The first-order valence-electron chi connectivity index (χ1n) is 5.30. The van der Waals surface area contributed by atoms with Gasteiger partial charge >= 0.3 is 0 Å². The Labute approximate surface area is 123 Å². The zero-order chi connectivity index (χ0) is 13.8. The molecule has 0 aliphatic carbocycles. The van der Waals surface area contributed by atoms with Crippen LogP contribution in [0.2, 0.25) is 5.02 Å². The number of rotatable bonds is 3. The molecule has 0 heterocycles. The maximum atomic E-state index is 10.8. The van der Waals surface area contributed by atoms with Gasteiger partial charge in [-0.25, -0.2) is 0 Å². The molecule has 2 rings (SSSR count). The van der Waals surface area contributed by atoms with Crippen molar-refractivity contribution in [2.45, 2.75) is 0 Å². The highest BCUT2D eigenvalue weighted by molar-refractivity contribution is 9.10. The van der Waals surface area contributed by atoms with Crippen molar-refractivity contribution in [3.63, 3.8) is 0 Å². The number of benzene rings is 2. The van der Waals surface area contributed by atoms with Gasteiger partial charge in [0.1, 0.15) is 0 Å². The van der Waals surface area contributed by atoms with E-state index in [-0.39, 0.29) is 5.69 Å². The molecule has 0 bridgehead atoms. The Balaban J connectivity index is 2.32. The summed E-state index contributed by atoms with van der Waals surface area (Å²) in [4.78, 5) is 14.6.